The van der Waals surface area contributed by atoms with Crippen LogP contribution in [0.4, 0.5) is 5.69 Å². The smallest absolute Gasteiger partial charge is 0.138 e. The molecule has 1 aliphatic rings. The molecule has 0 radical (unpaired) electrons. The molecule has 2 aromatic carbocycles. The van der Waals surface area contributed by atoms with Crippen LogP contribution in [0.2, 0.25) is 5.02 Å². The molecule has 1 fully saturated rings. The summed E-state index contributed by atoms with van der Waals surface area (Å²) >= 11 is 6.41. The molecule has 122 valence electrons. The van der Waals surface area contributed by atoms with Crippen molar-refractivity contribution < 1.29 is 4.79 Å². The Hall–Kier alpha value is -2.31. The first-order chi connectivity index (χ1) is 11.7. The second-order valence-electron chi connectivity index (χ2n) is 6.15. The Bertz CT molecular complexity index is 764. The van der Waals surface area contributed by atoms with Gasteiger partial charge in [0.2, 0.25) is 0 Å². The number of hydrogen-bond donors (Lipinski definition) is 1. The molecule has 1 N–H and O–H groups in total. The Morgan fingerprint density at radius 1 is 1.12 bits per heavy atom. The first-order valence-electron chi connectivity index (χ1n) is 8.23. The van der Waals surface area contributed by atoms with Crippen molar-refractivity contribution in [3.8, 4) is 6.07 Å². The molecule has 2 atom stereocenters. The Labute approximate surface area is 147 Å². The van der Waals surface area contributed by atoms with E-state index in [1.165, 1.54) is 0 Å². The SMILES string of the molecule is N#Cc1ccc(NC(c2ccccc2Cl)C2CCCCC2=O)cc1. The fraction of sp³-hybridized carbons (Fsp3) is 0.300. The number of anilines is 1. The maximum absolute atomic E-state index is 12.5. The van der Waals surface area contributed by atoms with Crippen molar-refractivity contribution in [1.82, 2.24) is 0 Å². The zero-order valence-corrected chi connectivity index (χ0v) is 14.1. The Morgan fingerprint density at radius 2 is 1.88 bits per heavy atom. The van der Waals surface area contributed by atoms with Crippen LogP contribution in [-0.2, 0) is 4.79 Å². The molecule has 0 bridgehead atoms. The van der Waals surface area contributed by atoms with Crippen molar-refractivity contribution in [3.63, 3.8) is 0 Å². The average Bonchev–Trinajstić information content (AvgIpc) is 2.62. The predicted molar refractivity (Wildman–Crippen MR) is 95.9 cm³/mol. The molecule has 0 amide bonds. The predicted octanol–water partition coefficient (Wildman–Crippen LogP) is 5.12. The molecule has 0 aliphatic heterocycles. The fourth-order valence-corrected chi connectivity index (χ4v) is 3.56. The van der Waals surface area contributed by atoms with Gasteiger partial charge in [-0.05, 0) is 48.7 Å². The second-order valence-corrected chi connectivity index (χ2v) is 6.56. The maximum Gasteiger partial charge on any atom is 0.138 e. The highest BCUT2D eigenvalue weighted by atomic mass is 35.5. The van der Waals surface area contributed by atoms with Gasteiger partial charge in [0.15, 0.2) is 0 Å². The Kier molecular flexibility index (Phi) is 5.17. The fourth-order valence-electron chi connectivity index (χ4n) is 3.31. The van der Waals surface area contributed by atoms with E-state index in [9.17, 15) is 4.79 Å². The first kappa shape index (κ1) is 16.5. The van der Waals surface area contributed by atoms with Crippen molar-refractivity contribution in [1.29, 1.82) is 5.26 Å². The number of nitriles is 1. The van der Waals surface area contributed by atoms with Crippen LogP contribution in [-0.4, -0.2) is 5.78 Å². The van der Waals surface area contributed by atoms with E-state index in [-0.39, 0.29) is 12.0 Å². The Balaban J connectivity index is 1.93. The first-order valence-corrected chi connectivity index (χ1v) is 8.60. The quantitative estimate of drug-likeness (QED) is 0.841. The van der Waals surface area contributed by atoms with E-state index in [1.54, 1.807) is 12.1 Å². The minimum atomic E-state index is -0.153. The van der Waals surface area contributed by atoms with E-state index in [0.29, 0.717) is 22.8 Å². The van der Waals surface area contributed by atoms with Crippen molar-refractivity contribution in [2.75, 3.05) is 5.32 Å². The highest BCUT2D eigenvalue weighted by Gasteiger charge is 2.32. The highest BCUT2D eigenvalue weighted by Crippen LogP contribution is 2.37. The molecular formula is C20H19ClN2O. The summed E-state index contributed by atoms with van der Waals surface area (Å²) < 4.78 is 0. The van der Waals surface area contributed by atoms with Gasteiger partial charge in [-0.1, -0.05) is 36.2 Å². The lowest BCUT2D eigenvalue weighted by Gasteiger charge is -2.31. The molecule has 2 aromatic rings. The summed E-state index contributed by atoms with van der Waals surface area (Å²) in [5.41, 5.74) is 2.45. The van der Waals surface area contributed by atoms with Gasteiger partial charge in [-0.2, -0.15) is 5.26 Å². The summed E-state index contributed by atoms with van der Waals surface area (Å²) in [6.45, 7) is 0. The van der Waals surface area contributed by atoms with Crippen LogP contribution in [0.3, 0.4) is 0 Å². The summed E-state index contributed by atoms with van der Waals surface area (Å²) in [5.74, 6) is 0.224. The van der Waals surface area contributed by atoms with Crippen LogP contribution < -0.4 is 5.32 Å². The largest absolute Gasteiger partial charge is 0.377 e. The molecule has 3 nitrogen and oxygen atoms in total. The van der Waals surface area contributed by atoms with Crippen LogP contribution in [0, 0.1) is 17.2 Å². The number of carbonyl (C=O) groups is 1. The molecule has 0 saturated heterocycles. The monoisotopic (exact) mass is 338 g/mol. The lowest BCUT2D eigenvalue weighted by atomic mass is 9.80. The summed E-state index contributed by atoms with van der Waals surface area (Å²) in [6, 6.07) is 16.9. The number of carbonyl (C=O) groups excluding carboxylic acids is 1. The van der Waals surface area contributed by atoms with Gasteiger partial charge in [-0.3, -0.25) is 4.79 Å². The standard InChI is InChI=1S/C20H19ClN2O/c21-18-7-3-1-5-16(18)20(17-6-2-4-8-19(17)24)23-15-11-9-14(13-22)10-12-15/h1,3,5,7,9-12,17,20,23H,2,4,6,8H2. The van der Waals surface area contributed by atoms with Crippen molar-refractivity contribution in [2.24, 2.45) is 5.92 Å². The number of hydrogen-bond acceptors (Lipinski definition) is 3. The van der Waals surface area contributed by atoms with Gasteiger partial charge in [0.25, 0.3) is 0 Å². The van der Waals surface area contributed by atoms with Crippen LogP contribution in [0.5, 0.6) is 0 Å². The van der Waals surface area contributed by atoms with Gasteiger partial charge >= 0.3 is 0 Å². The van der Waals surface area contributed by atoms with Crippen LogP contribution >= 0.6 is 11.6 Å². The summed E-state index contributed by atoms with van der Waals surface area (Å²) in [4.78, 5) is 12.5. The van der Waals surface area contributed by atoms with Gasteiger partial charge in [0, 0.05) is 23.0 Å². The molecule has 0 aromatic heterocycles. The molecule has 0 heterocycles. The number of nitrogens with one attached hydrogen (secondary N) is 1. The zero-order valence-electron chi connectivity index (χ0n) is 13.3. The van der Waals surface area contributed by atoms with Crippen molar-refractivity contribution in [2.45, 2.75) is 31.7 Å². The number of ketones is 1. The summed E-state index contributed by atoms with van der Waals surface area (Å²) in [7, 11) is 0. The van der Waals surface area contributed by atoms with Gasteiger partial charge in [0.1, 0.15) is 5.78 Å². The van der Waals surface area contributed by atoms with Crippen LogP contribution in [0.15, 0.2) is 48.5 Å². The van der Waals surface area contributed by atoms with Gasteiger partial charge in [0.05, 0.1) is 17.7 Å². The van der Waals surface area contributed by atoms with Gasteiger partial charge in [-0.15, -0.1) is 0 Å². The third-order valence-corrected chi connectivity index (χ3v) is 4.92. The maximum atomic E-state index is 12.5. The van der Waals surface area contributed by atoms with E-state index in [0.717, 1.165) is 30.5 Å². The summed E-state index contributed by atoms with van der Waals surface area (Å²) in [5, 5.41) is 13.1. The number of nitrogens with zero attached hydrogens (tertiary/aromatic N) is 1. The Morgan fingerprint density at radius 3 is 2.54 bits per heavy atom. The molecule has 1 aliphatic carbocycles. The minimum Gasteiger partial charge on any atom is -0.377 e. The molecule has 2 unspecified atom stereocenters. The topological polar surface area (TPSA) is 52.9 Å². The van der Waals surface area contributed by atoms with Crippen molar-refractivity contribution >= 4 is 23.1 Å². The third kappa shape index (κ3) is 3.60. The third-order valence-electron chi connectivity index (χ3n) is 4.58. The molecule has 4 heteroatoms. The average molecular weight is 339 g/mol. The molecule has 1 saturated carbocycles. The normalized spacial score (nSPS) is 18.7. The van der Waals surface area contributed by atoms with E-state index in [4.69, 9.17) is 16.9 Å². The number of benzene rings is 2. The van der Waals surface area contributed by atoms with E-state index < -0.39 is 0 Å². The second kappa shape index (κ2) is 7.51. The lowest BCUT2D eigenvalue weighted by Crippen LogP contribution is -2.30. The number of Topliss-reactive ketones (excluding diaryl/α,β-unsaturated/α-hetero) is 1. The minimum absolute atomic E-state index is 0.0747. The van der Waals surface area contributed by atoms with E-state index in [2.05, 4.69) is 11.4 Å². The summed E-state index contributed by atoms with van der Waals surface area (Å²) in [6.07, 6.45) is 3.55. The van der Waals surface area contributed by atoms with Crippen LogP contribution in [0.1, 0.15) is 42.9 Å². The molecular weight excluding hydrogens is 320 g/mol. The molecule has 3 rings (SSSR count). The van der Waals surface area contributed by atoms with Gasteiger partial charge in [-0.25, -0.2) is 0 Å². The van der Waals surface area contributed by atoms with Crippen molar-refractivity contribution in [3.05, 3.63) is 64.7 Å². The molecule has 24 heavy (non-hydrogen) atoms. The highest BCUT2D eigenvalue weighted by molar-refractivity contribution is 6.31. The van der Waals surface area contributed by atoms with Gasteiger partial charge < -0.3 is 5.32 Å². The number of halogens is 1. The zero-order chi connectivity index (χ0) is 16.9. The van der Waals surface area contributed by atoms with Crippen LogP contribution in [0.25, 0.3) is 0 Å². The molecule has 0 spiro atoms. The van der Waals surface area contributed by atoms with E-state index >= 15 is 0 Å². The van der Waals surface area contributed by atoms with E-state index in [1.807, 2.05) is 36.4 Å². The number of rotatable bonds is 4. The lowest BCUT2D eigenvalue weighted by molar-refractivity contribution is -0.125.